The van der Waals surface area contributed by atoms with Gasteiger partial charge in [-0.3, -0.25) is 4.79 Å². The molecule has 4 heteroatoms. The van der Waals surface area contributed by atoms with Gasteiger partial charge in [-0.2, -0.15) is 0 Å². The first kappa shape index (κ1) is 14.6. The molecule has 0 aliphatic heterocycles. The average molecular weight is 274 g/mol. The number of benzene rings is 1. The third-order valence-electron chi connectivity index (χ3n) is 3.09. The van der Waals surface area contributed by atoms with Gasteiger partial charge in [-0.1, -0.05) is 18.2 Å². The van der Waals surface area contributed by atoms with Gasteiger partial charge in [-0.25, -0.2) is 0 Å². The molecule has 4 nitrogen and oxygen atoms in total. The van der Waals surface area contributed by atoms with Gasteiger partial charge in [0, 0.05) is 24.9 Å². The minimum Gasteiger partial charge on any atom is -0.379 e. The first-order chi connectivity index (χ1) is 9.66. The van der Waals surface area contributed by atoms with E-state index in [2.05, 4.69) is 5.32 Å². The van der Waals surface area contributed by atoms with E-state index in [1.54, 1.807) is 0 Å². The topological polar surface area (TPSA) is 43.3 Å². The van der Waals surface area contributed by atoms with E-state index in [1.165, 1.54) is 0 Å². The van der Waals surface area contributed by atoms with E-state index in [0.29, 0.717) is 19.7 Å². The standard InChI is InChI=1S/C16H22N2O2/c1-13(2)20-11-5-9-17-16(19)12-18-10-8-14-6-3-4-7-15(14)18/h3-4,6-8,10,13H,5,9,11-12H2,1-2H3,(H,17,19). The zero-order chi connectivity index (χ0) is 14.4. The lowest BCUT2D eigenvalue weighted by Crippen LogP contribution is -2.29. The highest BCUT2D eigenvalue weighted by Gasteiger charge is 2.05. The van der Waals surface area contributed by atoms with E-state index in [-0.39, 0.29) is 12.0 Å². The monoisotopic (exact) mass is 274 g/mol. The van der Waals surface area contributed by atoms with Crippen molar-refractivity contribution in [2.24, 2.45) is 0 Å². The number of rotatable bonds is 7. The van der Waals surface area contributed by atoms with Crippen LogP contribution in [-0.4, -0.2) is 29.7 Å². The normalized spacial score (nSPS) is 11.2. The molecule has 1 amide bonds. The summed E-state index contributed by atoms with van der Waals surface area (Å²) in [6.07, 6.45) is 3.04. The van der Waals surface area contributed by atoms with Crippen LogP contribution in [0.4, 0.5) is 0 Å². The zero-order valence-electron chi connectivity index (χ0n) is 12.1. The van der Waals surface area contributed by atoms with E-state index >= 15 is 0 Å². The summed E-state index contributed by atoms with van der Waals surface area (Å²) in [5.41, 5.74) is 1.09. The number of para-hydroxylation sites is 1. The van der Waals surface area contributed by atoms with Crippen LogP contribution >= 0.6 is 0 Å². The Bertz CT molecular complexity index is 560. The fourth-order valence-corrected chi connectivity index (χ4v) is 2.11. The molecule has 2 rings (SSSR count). The van der Waals surface area contributed by atoms with Crippen LogP contribution in [-0.2, 0) is 16.1 Å². The van der Waals surface area contributed by atoms with Crippen LogP contribution in [0.1, 0.15) is 20.3 Å². The number of fused-ring (bicyclic) bond motifs is 1. The molecule has 0 spiro atoms. The fourth-order valence-electron chi connectivity index (χ4n) is 2.11. The molecule has 0 bridgehead atoms. The highest BCUT2D eigenvalue weighted by Crippen LogP contribution is 2.14. The lowest BCUT2D eigenvalue weighted by molar-refractivity contribution is -0.121. The molecule has 1 aromatic heterocycles. The third-order valence-corrected chi connectivity index (χ3v) is 3.09. The van der Waals surface area contributed by atoms with Gasteiger partial charge in [0.25, 0.3) is 0 Å². The van der Waals surface area contributed by atoms with E-state index in [1.807, 2.05) is 54.9 Å². The van der Waals surface area contributed by atoms with Gasteiger partial charge < -0.3 is 14.6 Å². The minimum absolute atomic E-state index is 0.0379. The van der Waals surface area contributed by atoms with Crippen LogP contribution in [0, 0.1) is 0 Å². The lowest BCUT2D eigenvalue weighted by Gasteiger charge is -2.09. The van der Waals surface area contributed by atoms with Gasteiger partial charge in [0.15, 0.2) is 0 Å². The van der Waals surface area contributed by atoms with Crippen molar-refractivity contribution in [1.29, 1.82) is 0 Å². The second-order valence-corrected chi connectivity index (χ2v) is 5.13. The smallest absolute Gasteiger partial charge is 0.239 e. The van der Waals surface area contributed by atoms with Crippen molar-refractivity contribution >= 4 is 16.8 Å². The molecule has 2 aromatic rings. The number of hydrogen-bond donors (Lipinski definition) is 1. The second-order valence-electron chi connectivity index (χ2n) is 5.13. The number of hydrogen-bond acceptors (Lipinski definition) is 2. The molecule has 0 unspecified atom stereocenters. The summed E-state index contributed by atoms with van der Waals surface area (Å²) in [6, 6.07) is 10.1. The van der Waals surface area contributed by atoms with Gasteiger partial charge in [-0.05, 0) is 37.8 Å². The van der Waals surface area contributed by atoms with E-state index < -0.39 is 0 Å². The van der Waals surface area contributed by atoms with E-state index in [0.717, 1.165) is 17.3 Å². The van der Waals surface area contributed by atoms with Crippen molar-refractivity contribution in [3.63, 3.8) is 0 Å². The van der Waals surface area contributed by atoms with Crippen molar-refractivity contribution in [2.75, 3.05) is 13.2 Å². The number of amides is 1. The predicted octanol–water partition coefficient (Wildman–Crippen LogP) is 2.57. The summed E-state index contributed by atoms with van der Waals surface area (Å²) in [5, 5.41) is 4.08. The summed E-state index contributed by atoms with van der Waals surface area (Å²) in [4.78, 5) is 11.9. The van der Waals surface area contributed by atoms with Crippen LogP contribution in [0.3, 0.4) is 0 Å². The molecular weight excluding hydrogens is 252 g/mol. The Morgan fingerprint density at radius 3 is 2.90 bits per heavy atom. The van der Waals surface area contributed by atoms with Gasteiger partial charge in [0.1, 0.15) is 6.54 Å². The summed E-state index contributed by atoms with van der Waals surface area (Å²) in [5.74, 6) is 0.0379. The molecule has 0 saturated heterocycles. The summed E-state index contributed by atoms with van der Waals surface area (Å²) in [7, 11) is 0. The predicted molar refractivity (Wildman–Crippen MR) is 80.7 cm³/mol. The van der Waals surface area contributed by atoms with Crippen LogP contribution < -0.4 is 5.32 Å². The summed E-state index contributed by atoms with van der Waals surface area (Å²) < 4.78 is 7.40. The Morgan fingerprint density at radius 2 is 2.10 bits per heavy atom. The van der Waals surface area contributed by atoms with Gasteiger partial charge in [0.05, 0.1) is 6.10 Å². The van der Waals surface area contributed by atoms with Gasteiger partial charge >= 0.3 is 0 Å². The van der Waals surface area contributed by atoms with Crippen molar-refractivity contribution in [1.82, 2.24) is 9.88 Å². The zero-order valence-corrected chi connectivity index (χ0v) is 12.1. The highest BCUT2D eigenvalue weighted by atomic mass is 16.5. The minimum atomic E-state index is 0.0379. The fraction of sp³-hybridized carbons (Fsp3) is 0.438. The maximum Gasteiger partial charge on any atom is 0.239 e. The second kappa shape index (κ2) is 7.10. The van der Waals surface area contributed by atoms with Gasteiger partial charge in [0.2, 0.25) is 5.91 Å². The number of ether oxygens (including phenoxy) is 1. The number of aromatic nitrogens is 1. The van der Waals surface area contributed by atoms with E-state index in [9.17, 15) is 4.79 Å². The maximum atomic E-state index is 11.9. The Hall–Kier alpha value is -1.81. The SMILES string of the molecule is CC(C)OCCCNC(=O)Cn1ccc2ccccc21. The van der Waals surface area contributed by atoms with Crippen molar-refractivity contribution in [2.45, 2.75) is 32.9 Å². The highest BCUT2D eigenvalue weighted by molar-refractivity contribution is 5.83. The third kappa shape index (κ3) is 4.10. The molecule has 0 radical (unpaired) electrons. The molecule has 1 heterocycles. The van der Waals surface area contributed by atoms with Gasteiger partial charge in [-0.15, -0.1) is 0 Å². The lowest BCUT2D eigenvalue weighted by atomic mass is 10.2. The number of nitrogens with zero attached hydrogens (tertiary/aromatic N) is 1. The van der Waals surface area contributed by atoms with Crippen LogP contribution in [0.2, 0.25) is 0 Å². The Balaban J connectivity index is 1.77. The quantitative estimate of drug-likeness (QED) is 0.789. The molecule has 1 aromatic carbocycles. The molecule has 0 saturated carbocycles. The number of nitrogens with one attached hydrogen (secondary N) is 1. The van der Waals surface area contributed by atoms with Crippen LogP contribution in [0.25, 0.3) is 10.9 Å². The molecule has 0 aliphatic carbocycles. The van der Waals surface area contributed by atoms with Crippen LogP contribution in [0.5, 0.6) is 0 Å². The molecule has 0 atom stereocenters. The Morgan fingerprint density at radius 1 is 1.30 bits per heavy atom. The molecule has 108 valence electrons. The van der Waals surface area contributed by atoms with Crippen LogP contribution in [0.15, 0.2) is 36.5 Å². The maximum absolute atomic E-state index is 11.9. The first-order valence-electron chi connectivity index (χ1n) is 7.09. The average Bonchev–Trinajstić information content (AvgIpc) is 2.81. The Kier molecular flexibility index (Phi) is 5.18. The first-order valence-corrected chi connectivity index (χ1v) is 7.09. The summed E-state index contributed by atoms with van der Waals surface area (Å²) >= 11 is 0. The molecular formula is C16H22N2O2. The Labute approximate surface area is 119 Å². The van der Waals surface area contributed by atoms with Crippen molar-refractivity contribution in [3.8, 4) is 0 Å². The molecule has 0 fully saturated rings. The largest absolute Gasteiger partial charge is 0.379 e. The van der Waals surface area contributed by atoms with Crippen molar-refractivity contribution in [3.05, 3.63) is 36.5 Å². The van der Waals surface area contributed by atoms with Crippen molar-refractivity contribution < 1.29 is 9.53 Å². The molecule has 20 heavy (non-hydrogen) atoms. The molecule has 1 N–H and O–H groups in total. The number of carbonyl (C=O) groups excluding carboxylic acids is 1. The summed E-state index contributed by atoms with van der Waals surface area (Å²) in [6.45, 7) is 5.72. The number of carbonyl (C=O) groups is 1. The molecule has 0 aliphatic rings. The van der Waals surface area contributed by atoms with E-state index in [4.69, 9.17) is 4.74 Å².